The third-order valence-electron chi connectivity index (χ3n) is 9.91. The number of esters is 3. The number of carbonyl (C=O) groups excluding carboxylic acids is 3. The fourth-order valence-electron chi connectivity index (χ4n) is 6.19. The van der Waals surface area contributed by atoms with Crippen molar-refractivity contribution in [1.29, 1.82) is 0 Å². The van der Waals surface area contributed by atoms with Crippen LogP contribution in [0.2, 0.25) is 0 Å². The van der Waals surface area contributed by atoms with Crippen LogP contribution in [0.1, 0.15) is 194 Å². The van der Waals surface area contributed by atoms with Crippen molar-refractivity contribution >= 4 is 17.9 Å². The summed E-state index contributed by atoms with van der Waals surface area (Å²) in [7, 11) is 0. The van der Waals surface area contributed by atoms with Crippen molar-refractivity contribution in [2.75, 3.05) is 13.2 Å². The lowest BCUT2D eigenvalue weighted by molar-refractivity contribution is -0.166. The van der Waals surface area contributed by atoms with Crippen LogP contribution in [0.15, 0.2) is 134 Å². The SMILES string of the molecule is CC/C=C\C/C=C\C/C=C\C/C=C\C/C=C\C/C=C\CCC(=O)OCC(COC(=O)CCC/C=C\C/C=C\C/C=C\CC)OC(=O)CCCCC/C=C\C=C/CCCCCCCCC. The van der Waals surface area contributed by atoms with E-state index in [2.05, 4.69) is 142 Å². The molecular weight excluding hydrogens is 793 g/mol. The van der Waals surface area contributed by atoms with E-state index in [4.69, 9.17) is 14.2 Å². The Morgan fingerprint density at radius 1 is 0.344 bits per heavy atom. The molecule has 6 heteroatoms. The van der Waals surface area contributed by atoms with Crippen LogP contribution >= 0.6 is 0 Å². The average Bonchev–Trinajstić information content (AvgIpc) is 3.29. The largest absolute Gasteiger partial charge is 0.462 e. The van der Waals surface area contributed by atoms with Crippen LogP contribution in [0.25, 0.3) is 0 Å². The van der Waals surface area contributed by atoms with Crippen molar-refractivity contribution in [3.63, 3.8) is 0 Å². The van der Waals surface area contributed by atoms with E-state index < -0.39 is 6.10 Å². The molecule has 358 valence electrons. The van der Waals surface area contributed by atoms with Gasteiger partial charge in [0.2, 0.25) is 0 Å². The van der Waals surface area contributed by atoms with Gasteiger partial charge in [-0.2, -0.15) is 0 Å². The molecule has 0 radical (unpaired) electrons. The zero-order valence-corrected chi connectivity index (χ0v) is 40.7. The third-order valence-corrected chi connectivity index (χ3v) is 9.91. The second kappa shape index (κ2) is 51.2. The molecule has 0 amide bonds. The minimum Gasteiger partial charge on any atom is -0.462 e. The van der Waals surface area contributed by atoms with Crippen LogP contribution < -0.4 is 0 Å². The molecule has 0 bridgehead atoms. The van der Waals surface area contributed by atoms with Crippen LogP contribution in [0, 0.1) is 0 Å². The van der Waals surface area contributed by atoms with Crippen LogP contribution in [-0.2, 0) is 28.6 Å². The normalized spacial score (nSPS) is 13.2. The Hall–Kier alpha value is -4.45. The van der Waals surface area contributed by atoms with Gasteiger partial charge in [0, 0.05) is 19.3 Å². The second-order valence-corrected chi connectivity index (χ2v) is 16.0. The second-order valence-electron chi connectivity index (χ2n) is 16.0. The van der Waals surface area contributed by atoms with Gasteiger partial charge in [-0.05, 0) is 109 Å². The van der Waals surface area contributed by atoms with Crippen LogP contribution in [0.5, 0.6) is 0 Å². The van der Waals surface area contributed by atoms with Crippen LogP contribution in [0.4, 0.5) is 0 Å². The zero-order valence-electron chi connectivity index (χ0n) is 40.7. The Morgan fingerprint density at radius 3 is 1.17 bits per heavy atom. The third kappa shape index (κ3) is 48.6. The van der Waals surface area contributed by atoms with E-state index in [0.717, 1.165) is 89.9 Å². The molecule has 6 nitrogen and oxygen atoms in total. The maximum absolute atomic E-state index is 12.8. The molecule has 64 heavy (non-hydrogen) atoms. The summed E-state index contributed by atoms with van der Waals surface area (Å²) in [6.45, 7) is 6.23. The summed E-state index contributed by atoms with van der Waals surface area (Å²) in [6, 6.07) is 0. The molecular formula is C58H90O6. The van der Waals surface area contributed by atoms with Gasteiger partial charge in [0.15, 0.2) is 6.10 Å². The predicted molar refractivity (Wildman–Crippen MR) is 274 cm³/mol. The van der Waals surface area contributed by atoms with Crippen molar-refractivity contribution in [2.24, 2.45) is 0 Å². The lowest BCUT2D eigenvalue weighted by Crippen LogP contribution is -2.30. The summed E-state index contributed by atoms with van der Waals surface area (Å²) in [5.41, 5.74) is 0. The van der Waals surface area contributed by atoms with Crippen molar-refractivity contribution in [2.45, 2.75) is 200 Å². The lowest BCUT2D eigenvalue weighted by Gasteiger charge is -2.18. The molecule has 0 aromatic rings. The first-order valence-electron chi connectivity index (χ1n) is 25.2. The highest BCUT2D eigenvalue weighted by atomic mass is 16.6. The fraction of sp³-hybridized carbons (Fsp3) is 0.569. The Labute approximate surface area is 392 Å². The first-order chi connectivity index (χ1) is 31.5. The van der Waals surface area contributed by atoms with E-state index >= 15 is 0 Å². The molecule has 0 aromatic heterocycles. The molecule has 0 aliphatic heterocycles. The van der Waals surface area contributed by atoms with Crippen molar-refractivity contribution in [3.05, 3.63) is 134 Å². The van der Waals surface area contributed by atoms with Gasteiger partial charge < -0.3 is 14.2 Å². The lowest BCUT2D eigenvalue weighted by atomic mass is 10.1. The summed E-state index contributed by atoms with van der Waals surface area (Å²) in [4.78, 5) is 37.9. The van der Waals surface area contributed by atoms with E-state index in [-0.39, 0.29) is 50.4 Å². The molecule has 0 aliphatic rings. The molecule has 0 rings (SSSR count). The molecule has 0 heterocycles. The minimum absolute atomic E-state index is 0.143. The summed E-state index contributed by atoms with van der Waals surface area (Å²) in [5.74, 6) is -1.12. The van der Waals surface area contributed by atoms with E-state index in [9.17, 15) is 14.4 Å². The smallest absolute Gasteiger partial charge is 0.306 e. The number of hydrogen-bond donors (Lipinski definition) is 0. The van der Waals surface area contributed by atoms with Gasteiger partial charge in [-0.1, -0.05) is 199 Å². The van der Waals surface area contributed by atoms with Crippen LogP contribution in [0.3, 0.4) is 0 Å². The standard InChI is InChI=1S/C58H90O6/c1-4-7-10-13-16-19-22-24-26-28-29-30-32-33-36-39-42-45-48-51-57(60)63-54-55(53-62-56(59)50-47-44-41-38-35-21-18-15-12-9-6-3)64-58(61)52-49-46-43-40-37-34-31-27-25-23-20-17-14-11-8-5-2/h7,9-10,12,16,18-19,21,24,26-27,29-31,33-34,36-38,41-42,45,55H,4-6,8,11,13-15,17,20,22-23,25,28,32,35,39-40,43-44,46-54H2,1-3H3/b10-7-,12-9-,19-16-,21-18-,26-24-,30-29-,31-27-,36-33-,37-34-,41-38-,45-42-. The monoisotopic (exact) mass is 883 g/mol. The Morgan fingerprint density at radius 2 is 0.703 bits per heavy atom. The Kier molecular flexibility index (Phi) is 47.6. The quantitative estimate of drug-likeness (QED) is 0.0200. The Bertz CT molecular complexity index is 1430. The highest BCUT2D eigenvalue weighted by Gasteiger charge is 2.19. The summed E-state index contributed by atoms with van der Waals surface area (Å²) in [5, 5.41) is 0. The summed E-state index contributed by atoms with van der Waals surface area (Å²) in [6.07, 6.45) is 71.8. The van der Waals surface area contributed by atoms with E-state index in [1.807, 2.05) is 12.2 Å². The number of ether oxygens (including phenoxy) is 3. The zero-order chi connectivity index (χ0) is 46.5. The fourth-order valence-corrected chi connectivity index (χ4v) is 6.19. The van der Waals surface area contributed by atoms with E-state index in [0.29, 0.717) is 19.3 Å². The Balaban J connectivity index is 4.60. The van der Waals surface area contributed by atoms with Crippen molar-refractivity contribution < 1.29 is 28.6 Å². The number of rotatable bonds is 43. The van der Waals surface area contributed by atoms with Gasteiger partial charge in [-0.15, -0.1) is 0 Å². The van der Waals surface area contributed by atoms with Crippen LogP contribution in [-0.4, -0.2) is 37.2 Å². The predicted octanol–water partition coefficient (Wildman–Crippen LogP) is 16.7. The van der Waals surface area contributed by atoms with Gasteiger partial charge >= 0.3 is 17.9 Å². The number of unbranched alkanes of at least 4 members (excludes halogenated alkanes) is 11. The maximum atomic E-state index is 12.8. The first kappa shape index (κ1) is 59.5. The first-order valence-corrected chi connectivity index (χ1v) is 25.2. The number of hydrogen-bond acceptors (Lipinski definition) is 6. The van der Waals surface area contributed by atoms with E-state index in [1.54, 1.807) is 0 Å². The van der Waals surface area contributed by atoms with Crippen molar-refractivity contribution in [3.8, 4) is 0 Å². The van der Waals surface area contributed by atoms with Gasteiger partial charge in [0.25, 0.3) is 0 Å². The molecule has 0 N–H and O–H groups in total. The highest BCUT2D eigenvalue weighted by molar-refractivity contribution is 5.71. The summed E-state index contributed by atoms with van der Waals surface area (Å²) < 4.78 is 16.6. The summed E-state index contributed by atoms with van der Waals surface area (Å²) >= 11 is 0. The molecule has 0 saturated heterocycles. The van der Waals surface area contributed by atoms with E-state index in [1.165, 1.54) is 44.9 Å². The number of allylic oxidation sites excluding steroid dienone is 22. The highest BCUT2D eigenvalue weighted by Crippen LogP contribution is 2.11. The molecule has 0 aliphatic carbocycles. The minimum atomic E-state index is -0.846. The average molecular weight is 883 g/mol. The van der Waals surface area contributed by atoms with Gasteiger partial charge in [0.1, 0.15) is 13.2 Å². The topological polar surface area (TPSA) is 78.9 Å². The molecule has 0 fully saturated rings. The van der Waals surface area contributed by atoms with Gasteiger partial charge in [0.05, 0.1) is 0 Å². The maximum Gasteiger partial charge on any atom is 0.306 e. The molecule has 0 saturated carbocycles. The van der Waals surface area contributed by atoms with Gasteiger partial charge in [-0.3, -0.25) is 14.4 Å². The molecule has 1 atom stereocenters. The van der Waals surface area contributed by atoms with Crippen molar-refractivity contribution in [1.82, 2.24) is 0 Å². The van der Waals surface area contributed by atoms with Gasteiger partial charge in [-0.25, -0.2) is 0 Å². The molecule has 1 unspecified atom stereocenters. The molecule has 0 aromatic carbocycles. The number of carbonyl (C=O) groups is 3. The molecule has 0 spiro atoms.